The molecule has 1 aromatic carbocycles. The van der Waals surface area contributed by atoms with Crippen LogP contribution in [0.15, 0.2) is 24.3 Å². The van der Waals surface area contributed by atoms with Gasteiger partial charge in [0.05, 0.1) is 5.56 Å². The third-order valence-electron chi connectivity index (χ3n) is 2.99. The highest BCUT2D eigenvalue weighted by atomic mass is 79.9. The largest absolute Gasteiger partial charge is 0.488 e. The van der Waals surface area contributed by atoms with Gasteiger partial charge < -0.3 is 9.47 Å². The average molecular weight is 339 g/mol. The van der Waals surface area contributed by atoms with Crippen molar-refractivity contribution in [3.05, 3.63) is 29.8 Å². The van der Waals surface area contributed by atoms with Crippen molar-refractivity contribution in [3.63, 3.8) is 0 Å². The van der Waals surface area contributed by atoms with E-state index in [1.165, 1.54) is 12.1 Å². The molecule has 0 heterocycles. The first-order valence-corrected chi connectivity index (χ1v) is 6.93. The molecule has 1 saturated carbocycles. The van der Waals surface area contributed by atoms with E-state index < -0.39 is 11.7 Å². The summed E-state index contributed by atoms with van der Waals surface area (Å²) in [6.45, 7) is 2.43. The van der Waals surface area contributed by atoms with Crippen LogP contribution < -0.4 is 4.74 Å². The minimum absolute atomic E-state index is 0.112. The van der Waals surface area contributed by atoms with E-state index in [4.69, 9.17) is 9.47 Å². The molecule has 0 aliphatic heterocycles. The van der Waals surface area contributed by atoms with E-state index >= 15 is 0 Å². The monoisotopic (exact) mass is 338 g/mol. The maximum atomic E-state index is 12.6. The van der Waals surface area contributed by atoms with Crippen LogP contribution in [-0.4, -0.2) is 23.6 Å². The predicted octanol–water partition coefficient (Wildman–Crippen LogP) is 4.03. The first-order valence-electron chi connectivity index (χ1n) is 6.01. The first kappa shape index (κ1) is 14.7. The third-order valence-corrected chi connectivity index (χ3v) is 3.88. The Morgan fingerprint density at radius 2 is 2.11 bits per heavy atom. The van der Waals surface area contributed by atoms with Crippen LogP contribution in [0.3, 0.4) is 0 Å². The molecule has 0 spiro atoms. The summed E-state index contributed by atoms with van der Waals surface area (Å²) in [5.74, 6) is 0.226. The van der Waals surface area contributed by atoms with Crippen LogP contribution in [0.4, 0.5) is 13.2 Å². The van der Waals surface area contributed by atoms with Crippen LogP contribution in [0.25, 0.3) is 0 Å². The van der Waals surface area contributed by atoms with Crippen LogP contribution >= 0.6 is 15.9 Å². The predicted molar refractivity (Wildman–Crippen MR) is 68.6 cm³/mol. The highest BCUT2D eigenvalue weighted by Gasteiger charge is 2.42. The zero-order chi connectivity index (χ0) is 14.0. The Morgan fingerprint density at radius 3 is 2.68 bits per heavy atom. The van der Waals surface area contributed by atoms with E-state index in [9.17, 15) is 13.2 Å². The maximum Gasteiger partial charge on any atom is 0.416 e. The van der Waals surface area contributed by atoms with Gasteiger partial charge in [-0.3, -0.25) is 0 Å². The molecular weight excluding hydrogens is 325 g/mol. The molecule has 106 valence electrons. The van der Waals surface area contributed by atoms with Crippen molar-refractivity contribution in [2.45, 2.75) is 36.6 Å². The number of benzene rings is 1. The molecule has 3 unspecified atom stereocenters. The molecule has 1 aromatic rings. The van der Waals surface area contributed by atoms with Crippen molar-refractivity contribution in [2.24, 2.45) is 0 Å². The highest BCUT2D eigenvalue weighted by molar-refractivity contribution is 9.09. The van der Waals surface area contributed by atoms with Gasteiger partial charge in [0.25, 0.3) is 0 Å². The van der Waals surface area contributed by atoms with Gasteiger partial charge in [0.2, 0.25) is 0 Å². The summed E-state index contributed by atoms with van der Waals surface area (Å²) in [6, 6.07) is 4.92. The zero-order valence-corrected chi connectivity index (χ0v) is 11.9. The van der Waals surface area contributed by atoms with Crippen molar-refractivity contribution >= 4 is 15.9 Å². The molecule has 19 heavy (non-hydrogen) atoms. The van der Waals surface area contributed by atoms with Gasteiger partial charge >= 0.3 is 6.18 Å². The summed E-state index contributed by atoms with van der Waals surface area (Å²) in [4.78, 5) is 0.197. The number of hydrogen-bond donors (Lipinski definition) is 0. The van der Waals surface area contributed by atoms with E-state index in [0.717, 1.165) is 18.6 Å². The van der Waals surface area contributed by atoms with Crippen LogP contribution in [0.1, 0.15) is 18.9 Å². The van der Waals surface area contributed by atoms with Crippen molar-refractivity contribution in [1.82, 2.24) is 0 Å². The van der Waals surface area contributed by atoms with Gasteiger partial charge in [0.15, 0.2) is 0 Å². The number of halogens is 4. The summed E-state index contributed by atoms with van der Waals surface area (Å²) in [5, 5.41) is 0. The Hall–Kier alpha value is -0.750. The number of hydrogen-bond acceptors (Lipinski definition) is 2. The third kappa shape index (κ3) is 3.42. The van der Waals surface area contributed by atoms with Gasteiger partial charge in [-0.25, -0.2) is 0 Å². The van der Waals surface area contributed by atoms with Gasteiger partial charge in [-0.15, -0.1) is 0 Å². The molecule has 2 rings (SSSR count). The highest BCUT2D eigenvalue weighted by Crippen LogP contribution is 2.36. The lowest BCUT2D eigenvalue weighted by Crippen LogP contribution is -2.52. The molecule has 0 N–H and O–H groups in total. The van der Waals surface area contributed by atoms with E-state index in [2.05, 4.69) is 15.9 Å². The van der Waals surface area contributed by atoms with Gasteiger partial charge in [-0.05, 0) is 25.1 Å². The van der Waals surface area contributed by atoms with Crippen molar-refractivity contribution in [3.8, 4) is 5.75 Å². The minimum atomic E-state index is -4.35. The van der Waals surface area contributed by atoms with Gasteiger partial charge in [-0.2, -0.15) is 13.2 Å². The smallest absolute Gasteiger partial charge is 0.416 e. The minimum Gasteiger partial charge on any atom is -0.488 e. The molecule has 3 atom stereocenters. The molecule has 0 aromatic heterocycles. The summed E-state index contributed by atoms with van der Waals surface area (Å²) in [7, 11) is 0. The standard InChI is InChI=1S/C13H14BrF3O2/c1-2-18-12-10(14)7-11(12)19-9-5-3-4-8(6-9)13(15,16)17/h3-6,10-12H,2,7H2,1H3. The van der Waals surface area contributed by atoms with E-state index in [0.29, 0.717) is 6.61 Å². The number of rotatable bonds is 4. The van der Waals surface area contributed by atoms with E-state index in [1.54, 1.807) is 0 Å². The van der Waals surface area contributed by atoms with E-state index in [1.807, 2.05) is 6.92 Å². The lowest BCUT2D eigenvalue weighted by molar-refractivity contribution is -0.137. The summed E-state index contributed by atoms with van der Waals surface area (Å²) >= 11 is 3.44. The molecule has 0 saturated heterocycles. The number of ether oxygens (including phenoxy) is 2. The Morgan fingerprint density at radius 1 is 1.37 bits per heavy atom. The van der Waals surface area contributed by atoms with Crippen LogP contribution in [0.5, 0.6) is 5.75 Å². The Labute approximate surface area is 118 Å². The summed E-state index contributed by atoms with van der Waals surface area (Å²) in [6.07, 6.45) is -3.94. The lowest BCUT2D eigenvalue weighted by atomic mass is 9.91. The maximum absolute atomic E-state index is 12.6. The fourth-order valence-corrected chi connectivity index (χ4v) is 2.83. The SMILES string of the molecule is CCOC1C(Br)CC1Oc1cccc(C(F)(F)F)c1. The molecule has 1 fully saturated rings. The number of alkyl halides is 4. The fraction of sp³-hybridized carbons (Fsp3) is 0.538. The van der Waals surface area contributed by atoms with Crippen LogP contribution in [0.2, 0.25) is 0 Å². The fourth-order valence-electron chi connectivity index (χ4n) is 1.97. The van der Waals surface area contributed by atoms with Crippen LogP contribution in [0, 0.1) is 0 Å². The molecule has 0 amide bonds. The molecular formula is C13H14BrF3O2. The van der Waals surface area contributed by atoms with Gasteiger partial charge in [0, 0.05) is 17.9 Å². The van der Waals surface area contributed by atoms with Crippen LogP contribution in [-0.2, 0) is 10.9 Å². The zero-order valence-electron chi connectivity index (χ0n) is 10.3. The van der Waals surface area contributed by atoms with Gasteiger partial charge in [-0.1, -0.05) is 22.0 Å². The second-order valence-electron chi connectivity index (χ2n) is 4.35. The molecule has 6 heteroatoms. The Balaban J connectivity index is 2.04. The van der Waals surface area contributed by atoms with Gasteiger partial charge in [0.1, 0.15) is 18.0 Å². The second kappa shape index (κ2) is 5.71. The van der Waals surface area contributed by atoms with Crippen molar-refractivity contribution in [2.75, 3.05) is 6.61 Å². The molecule has 0 radical (unpaired) electrons. The molecule has 2 nitrogen and oxygen atoms in total. The average Bonchev–Trinajstić information content (AvgIpc) is 2.35. The lowest BCUT2D eigenvalue weighted by Gasteiger charge is -2.40. The second-order valence-corrected chi connectivity index (χ2v) is 5.53. The first-order chi connectivity index (χ1) is 8.91. The molecule has 1 aliphatic rings. The molecule has 0 bridgehead atoms. The van der Waals surface area contributed by atoms with Crippen molar-refractivity contribution in [1.29, 1.82) is 0 Å². The summed E-state index contributed by atoms with van der Waals surface area (Å²) in [5.41, 5.74) is -0.701. The molecule has 1 aliphatic carbocycles. The quantitative estimate of drug-likeness (QED) is 0.772. The van der Waals surface area contributed by atoms with E-state index in [-0.39, 0.29) is 22.8 Å². The Kier molecular flexibility index (Phi) is 4.40. The van der Waals surface area contributed by atoms with Crippen molar-refractivity contribution < 1.29 is 22.6 Å². The topological polar surface area (TPSA) is 18.5 Å². The normalized spacial score (nSPS) is 26.9. The summed E-state index contributed by atoms with van der Waals surface area (Å²) < 4.78 is 48.8. The Bertz CT molecular complexity index is 436.